The Morgan fingerprint density at radius 3 is 2.41 bits per heavy atom. The van der Waals surface area contributed by atoms with Gasteiger partial charge in [0.05, 0.1) is 11.7 Å². The van der Waals surface area contributed by atoms with Crippen molar-refractivity contribution in [1.29, 1.82) is 0 Å². The Morgan fingerprint density at radius 1 is 1.14 bits per heavy atom. The van der Waals surface area contributed by atoms with E-state index in [1.165, 1.54) is 26.2 Å². The number of benzene rings is 2. The maximum Gasteiger partial charge on any atom is 0.416 e. The molecule has 2 rings (SSSR count). The van der Waals surface area contributed by atoms with Gasteiger partial charge >= 0.3 is 6.18 Å². The van der Waals surface area contributed by atoms with E-state index in [1.807, 2.05) is 0 Å². The maximum absolute atomic E-state index is 12.7. The summed E-state index contributed by atoms with van der Waals surface area (Å²) in [6.07, 6.45) is -6.11. The van der Waals surface area contributed by atoms with Gasteiger partial charge in [-0.25, -0.2) is 0 Å². The first-order valence-corrected chi connectivity index (χ1v) is 9.04. The minimum absolute atomic E-state index is 0.0929. The number of ether oxygens (including phenoxy) is 2. The molecule has 2 aromatic rings. The number of aliphatic hydroxyl groups excluding tert-OH is 1. The van der Waals surface area contributed by atoms with Crippen LogP contribution in [-0.4, -0.2) is 37.7 Å². The Labute approximate surface area is 167 Å². The Balaban J connectivity index is 1.76. The summed E-state index contributed by atoms with van der Waals surface area (Å²) in [6, 6.07) is 11.6. The minimum atomic E-state index is -4.44. The molecule has 0 spiro atoms. The topological polar surface area (TPSA) is 67.8 Å². The van der Waals surface area contributed by atoms with Crippen molar-refractivity contribution in [3.63, 3.8) is 0 Å². The summed E-state index contributed by atoms with van der Waals surface area (Å²) in [5.74, 6) is 0.511. The Bertz CT molecular complexity index is 793. The molecule has 0 amide bonds. The molecular formula is C21H24F3NO4. The predicted octanol–water partition coefficient (Wildman–Crippen LogP) is 3.68. The first-order valence-electron chi connectivity index (χ1n) is 9.04. The predicted molar refractivity (Wildman–Crippen MR) is 102 cm³/mol. The van der Waals surface area contributed by atoms with Crippen molar-refractivity contribution in [2.45, 2.75) is 25.3 Å². The van der Waals surface area contributed by atoms with Gasteiger partial charge < -0.3 is 19.9 Å². The number of Topliss-reactive ketones (excluding diaryl/α,β-unsaturated/α-hetero) is 1. The number of methoxy groups -OCH3 is 1. The molecule has 158 valence electrons. The molecule has 8 heteroatoms. The molecule has 0 fully saturated rings. The Hall–Kier alpha value is -2.42. The number of hydrogen-bond donors (Lipinski definition) is 2. The molecule has 0 bridgehead atoms. The molecule has 29 heavy (non-hydrogen) atoms. The molecule has 5 nitrogen and oxygen atoms in total. The fourth-order valence-electron chi connectivity index (χ4n) is 2.80. The highest BCUT2D eigenvalue weighted by molar-refractivity contribution is 5.81. The van der Waals surface area contributed by atoms with Crippen LogP contribution < -0.4 is 10.1 Å². The lowest BCUT2D eigenvalue weighted by Gasteiger charge is -2.15. The van der Waals surface area contributed by atoms with Gasteiger partial charge in [-0.05, 0) is 42.3 Å². The second-order valence-corrected chi connectivity index (χ2v) is 6.49. The quantitative estimate of drug-likeness (QED) is 0.584. The Morgan fingerprint density at radius 2 is 1.83 bits per heavy atom. The number of aliphatic hydroxyl groups is 1. The number of carbonyl (C=O) groups excluding carboxylic acids is 1. The van der Waals surface area contributed by atoms with Gasteiger partial charge in [-0.15, -0.1) is 0 Å². The average molecular weight is 411 g/mol. The minimum Gasteiger partial charge on any atom is -0.492 e. The van der Waals surface area contributed by atoms with Gasteiger partial charge in [0.15, 0.2) is 5.78 Å². The van der Waals surface area contributed by atoms with Crippen LogP contribution >= 0.6 is 0 Å². The van der Waals surface area contributed by atoms with Gasteiger partial charge in [-0.1, -0.05) is 24.3 Å². The molecule has 0 heterocycles. The molecule has 0 aliphatic rings. The van der Waals surface area contributed by atoms with Crippen molar-refractivity contribution in [2.75, 3.05) is 26.8 Å². The lowest BCUT2D eigenvalue weighted by atomic mass is 10.1. The molecule has 0 saturated heterocycles. The summed E-state index contributed by atoms with van der Waals surface area (Å²) >= 11 is 0. The molecule has 2 N–H and O–H groups in total. The van der Waals surface area contributed by atoms with Crippen molar-refractivity contribution in [3.05, 3.63) is 65.2 Å². The van der Waals surface area contributed by atoms with Crippen molar-refractivity contribution in [1.82, 2.24) is 5.32 Å². The highest BCUT2D eigenvalue weighted by atomic mass is 19.4. The van der Waals surface area contributed by atoms with E-state index in [1.54, 1.807) is 24.3 Å². The van der Waals surface area contributed by atoms with Gasteiger partial charge in [0, 0.05) is 20.2 Å². The standard InChI is InChI=1S/C21H24F3NO4/c1-14(26)20(28-2)15-6-8-18(9-7-15)29-11-10-25-13-19(27)16-4-3-5-17(12-16)21(22,23)24/h3-9,12,19-20,25,27H,10-11,13H2,1-2H3. The maximum atomic E-state index is 12.7. The van der Waals surface area contributed by atoms with Gasteiger partial charge in [0.25, 0.3) is 0 Å². The molecule has 0 saturated carbocycles. The lowest BCUT2D eigenvalue weighted by Crippen LogP contribution is -2.26. The van der Waals surface area contributed by atoms with E-state index in [-0.39, 0.29) is 17.9 Å². The zero-order valence-electron chi connectivity index (χ0n) is 16.2. The van der Waals surface area contributed by atoms with E-state index < -0.39 is 23.9 Å². The number of halogens is 3. The number of carbonyl (C=O) groups is 1. The van der Waals surface area contributed by atoms with Crippen molar-refractivity contribution in [2.24, 2.45) is 0 Å². The highest BCUT2D eigenvalue weighted by Gasteiger charge is 2.30. The average Bonchev–Trinajstić information content (AvgIpc) is 2.68. The summed E-state index contributed by atoms with van der Waals surface area (Å²) in [7, 11) is 1.47. The molecule has 0 aliphatic carbocycles. The number of nitrogens with one attached hydrogen (secondary N) is 1. The fraction of sp³-hybridized carbons (Fsp3) is 0.381. The van der Waals surface area contributed by atoms with Crippen LogP contribution in [0.4, 0.5) is 13.2 Å². The molecule has 2 aromatic carbocycles. The summed E-state index contributed by atoms with van der Waals surface area (Å²) in [6.45, 7) is 2.25. The molecule has 0 aromatic heterocycles. The molecule has 2 unspecified atom stereocenters. The van der Waals surface area contributed by atoms with E-state index >= 15 is 0 Å². The van der Waals surface area contributed by atoms with E-state index in [9.17, 15) is 23.1 Å². The van der Waals surface area contributed by atoms with Crippen LogP contribution in [0.2, 0.25) is 0 Å². The zero-order chi connectivity index (χ0) is 21.4. The zero-order valence-corrected chi connectivity index (χ0v) is 16.2. The van der Waals surface area contributed by atoms with Crippen molar-refractivity contribution >= 4 is 5.78 Å². The third kappa shape index (κ3) is 6.85. The fourth-order valence-corrected chi connectivity index (χ4v) is 2.80. The van der Waals surface area contributed by atoms with Crippen LogP contribution in [-0.2, 0) is 15.7 Å². The van der Waals surface area contributed by atoms with E-state index in [2.05, 4.69) is 5.32 Å². The lowest BCUT2D eigenvalue weighted by molar-refractivity contribution is -0.137. The number of hydrogen-bond acceptors (Lipinski definition) is 5. The molecular weight excluding hydrogens is 387 g/mol. The molecule has 2 atom stereocenters. The monoisotopic (exact) mass is 411 g/mol. The smallest absolute Gasteiger partial charge is 0.416 e. The summed E-state index contributed by atoms with van der Waals surface area (Å²) in [4.78, 5) is 11.5. The first kappa shape index (κ1) is 22.9. The Kier molecular flexibility index (Phi) is 8.19. The van der Waals surface area contributed by atoms with Gasteiger partial charge in [0.2, 0.25) is 0 Å². The van der Waals surface area contributed by atoms with Crippen molar-refractivity contribution < 1.29 is 32.5 Å². The third-order valence-corrected chi connectivity index (χ3v) is 4.27. The van der Waals surface area contributed by atoms with E-state index in [0.29, 0.717) is 18.9 Å². The normalized spacial score (nSPS) is 13.7. The largest absolute Gasteiger partial charge is 0.492 e. The van der Waals surface area contributed by atoms with Gasteiger partial charge in [0.1, 0.15) is 18.5 Å². The molecule has 0 radical (unpaired) electrons. The van der Waals surface area contributed by atoms with Crippen LogP contribution in [0.5, 0.6) is 5.75 Å². The highest BCUT2D eigenvalue weighted by Crippen LogP contribution is 2.30. The van der Waals surface area contributed by atoms with Crippen LogP contribution in [0.3, 0.4) is 0 Å². The van der Waals surface area contributed by atoms with Crippen LogP contribution in [0, 0.1) is 0 Å². The SMILES string of the molecule is COC(C(C)=O)c1ccc(OCCNCC(O)c2cccc(C(F)(F)F)c2)cc1. The van der Waals surface area contributed by atoms with Gasteiger partial charge in [-0.3, -0.25) is 4.79 Å². The second kappa shape index (κ2) is 10.4. The molecule has 0 aliphatic heterocycles. The number of alkyl halides is 3. The summed E-state index contributed by atoms with van der Waals surface area (Å²) in [5, 5.41) is 13.0. The third-order valence-electron chi connectivity index (χ3n) is 4.27. The number of rotatable bonds is 10. The second-order valence-electron chi connectivity index (χ2n) is 6.49. The van der Waals surface area contributed by atoms with Crippen LogP contribution in [0.15, 0.2) is 48.5 Å². The van der Waals surface area contributed by atoms with Crippen molar-refractivity contribution in [3.8, 4) is 5.75 Å². The summed E-state index contributed by atoms with van der Waals surface area (Å²) < 4.78 is 48.9. The van der Waals surface area contributed by atoms with E-state index in [0.717, 1.165) is 17.7 Å². The van der Waals surface area contributed by atoms with Crippen LogP contribution in [0.25, 0.3) is 0 Å². The van der Waals surface area contributed by atoms with Gasteiger partial charge in [-0.2, -0.15) is 13.2 Å². The van der Waals surface area contributed by atoms with E-state index in [4.69, 9.17) is 9.47 Å². The summed E-state index contributed by atoms with van der Waals surface area (Å²) in [5.41, 5.74) is 0.137. The number of ketones is 1. The first-order chi connectivity index (χ1) is 13.7. The van der Waals surface area contributed by atoms with Crippen LogP contribution in [0.1, 0.15) is 35.8 Å².